The van der Waals surface area contributed by atoms with Gasteiger partial charge in [-0.05, 0) is 29.3 Å². The Morgan fingerprint density at radius 3 is 2.44 bits per heavy atom. The number of hydrogen-bond acceptors (Lipinski definition) is 2. The smallest absolute Gasteiger partial charge is 0.290 e. The van der Waals surface area contributed by atoms with Crippen LogP contribution in [-0.4, -0.2) is 11.6 Å². The van der Waals surface area contributed by atoms with Crippen molar-refractivity contribution in [1.29, 1.82) is 0 Å². The predicted octanol–water partition coefficient (Wildman–Crippen LogP) is 1.76. The van der Waals surface area contributed by atoms with E-state index >= 15 is 0 Å². The van der Waals surface area contributed by atoms with Crippen LogP contribution in [-0.2, 0) is 4.79 Å². The fourth-order valence-electron chi connectivity index (χ4n) is 0.333. The minimum absolute atomic E-state index is 0.250. The summed E-state index contributed by atoms with van der Waals surface area (Å²) in [6, 6.07) is 2.10. The lowest BCUT2D eigenvalue weighted by Gasteiger charge is -1.65. The van der Waals surface area contributed by atoms with E-state index in [1.807, 2.05) is 0 Å². The fourth-order valence-corrected chi connectivity index (χ4v) is 0.998. The van der Waals surface area contributed by atoms with Crippen molar-refractivity contribution in [3.63, 3.8) is 0 Å². The van der Waals surface area contributed by atoms with Gasteiger partial charge in [-0.25, -0.2) is 0 Å². The summed E-state index contributed by atoms with van der Waals surface area (Å²) in [6.07, 6.45) is 0. The normalized spacial score (nSPS) is 7.22. The van der Waals surface area contributed by atoms with Gasteiger partial charge in [0.1, 0.15) is 0 Å². The monoisotopic (exact) mass is 144 g/mol. The second-order valence-corrected chi connectivity index (χ2v) is 2.19. The van der Waals surface area contributed by atoms with Crippen molar-refractivity contribution in [1.82, 2.24) is 0 Å². The van der Waals surface area contributed by atoms with E-state index in [4.69, 9.17) is 9.90 Å². The minimum Gasteiger partial charge on any atom is -0.483 e. The van der Waals surface area contributed by atoms with Gasteiger partial charge in [0, 0.05) is 0 Å². The fraction of sp³-hybridized carbons (Fsp3) is 0.167. The molecule has 0 unspecified atom stereocenters. The first-order valence-electron chi connectivity index (χ1n) is 2.38. The molecule has 0 saturated heterocycles. The molecule has 0 atom stereocenters. The average Bonchev–Trinajstić information content (AvgIpc) is 2.20. The van der Waals surface area contributed by atoms with Crippen LogP contribution in [0, 0.1) is 6.92 Å². The quantitative estimate of drug-likeness (QED) is 0.563. The summed E-state index contributed by atoms with van der Waals surface area (Å²) in [4.78, 5) is 8.36. The van der Waals surface area contributed by atoms with Crippen LogP contribution in [0.25, 0.3) is 0 Å². The van der Waals surface area contributed by atoms with Crippen LogP contribution in [0.15, 0.2) is 16.8 Å². The van der Waals surface area contributed by atoms with Gasteiger partial charge in [-0.15, -0.1) is 0 Å². The third-order valence-corrected chi connectivity index (χ3v) is 1.46. The molecule has 9 heavy (non-hydrogen) atoms. The van der Waals surface area contributed by atoms with E-state index in [2.05, 4.69) is 23.8 Å². The molecule has 1 N–H and O–H groups in total. The van der Waals surface area contributed by atoms with Crippen LogP contribution in [0.4, 0.5) is 0 Å². The Labute approximate surface area is 57.8 Å². The van der Waals surface area contributed by atoms with Crippen LogP contribution < -0.4 is 0 Å². The number of rotatable bonds is 0. The Balaban J connectivity index is 0.000000187. The van der Waals surface area contributed by atoms with E-state index in [-0.39, 0.29) is 6.47 Å². The Kier molecular flexibility index (Phi) is 4.82. The Morgan fingerprint density at radius 1 is 1.78 bits per heavy atom. The van der Waals surface area contributed by atoms with E-state index in [9.17, 15) is 0 Å². The van der Waals surface area contributed by atoms with Crippen molar-refractivity contribution in [2.45, 2.75) is 6.92 Å². The van der Waals surface area contributed by atoms with Gasteiger partial charge in [0.25, 0.3) is 6.47 Å². The van der Waals surface area contributed by atoms with E-state index in [0.717, 1.165) is 0 Å². The van der Waals surface area contributed by atoms with Crippen LogP contribution in [0.3, 0.4) is 0 Å². The number of hydrogen-bond donors (Lipinski definition) is 1. The van der Waals surface area contributed by atoms with Crippen LogP contribution >= 0.6 is 11.3 Å². The van der Waals surface area contributed by atoms with Crippen molar-refractivity contribution >= 4 is 17.8 Å². The number of carbonyl (C=O) groups is 1. The molecule has 1 rings (SSSR count). The SMILES string of the molecule is Cc1ccsc1.O=CO. The summed E-state index contributed by atoms with van der Waals surface area (Å²) in [6.45, 7) is 1.84. The molecule has 0 aliphatic carbocycles. The predicted molar refractivity (Wildman–Crippen MR) is 37.7 cm³/mol. The van der Waals surface area contributed by atoms with Gasteiger partial charge in [0.05, 0.1) is 0 Å². The molecule has 0 amide bonds. The van der Waals surface area contributed by atoms with Gasteiger partial charge in [0.2, 0.25) is 0 Å². The molecule has 50 valence electrons. The van der Waals surface area contributed by atoms with Gasteiger partial charge in [-0.2, -0.15) is 11.3 Å². The number of carboxylic acid groups (broad SMARTS) is 1. The van der Waals surface area contributed by atoms with Crippen molar-refractivity contribution in [3.05, 3.63) is 22.4 Å². The minimum atomic E-state index is -0.250. The zero-order chi connectivity index (χ0) is 7.11. The maximum Gasteiger partial charge on any atom is 0.290 e. The standard InChI is InChI=1S/C5H6S.CH2O2/c1-5-2-3-6-4-5;2-1-3/h2-4H,1H3;1H,(H,2,3). The molecule has 1 aromatic rings. The van der Waals surface area contributed by atoms with Crippen molar-refractivity contribution in [3.8, 4) is 0 Å². The van der Waals surface area contributed by atoms with Crippen LogP contribution in [0.1, 0.15) is 5.56 Å². The second kappa shape index (κ2) is 5.31. The molecule has 0 bridgehead atoms. The zero-order valence-corrected chi connectivity index (χ0v) is 5.89. The topological polar surface area (TPSA) is 37.3 Å². The summed E-state index contributed by atoms with van der Waals surface area (Å²) in [5.41, 5.74) is 1.36. The molecule has 0 saturated carbocycles. The Hall–Kier alpha value is -0.830. The first-order chi connectivity index (χ1) is 4.31. The highest BCUT2D eigenvalue weighted by Crippen LogP contribution is 2.01. The highest BCUT2D eigenvalue weighted by Gasteiger charge is 1.74. The van der Waals surface area contributed by atoms with Gasteiger partial charge in [-0.1, -0.05) is 0 Å². The largest absolute Gasteiger partial charge is 0.483 e. The third-order valence-electron chi connectivity index (χ3n) is 0.663. The lowest BCUT2D eigenvalue weighted by Crippen LogP contribution is -1.49. The molecule has 0 aromatic carbocycles. The third kappa shape index (κ3) is 5.03. The van der Waals surface area contributed by atoms with Gasteiger partial charge < -0.3 is 5.11 Å². The molecule has 0 radical (unpaired) electrons. The summed E-state index contributed by atoms with van der Waals surface area (Å²) in [5.74, 6) is 0. The van der Waals surface area contributed by atoms with Crippen LogP contribution in [0.2, 0.25) is 0 Å². The average molecular weight is 144 g/mol. The maximum atomic E-state index is 8.36. The van der Waals surface area contributed by atoms with Gasteiger partial charge in [0.15, 0.2) is 0 Å². The Morgan fingerprint density at radius 2 is 2.33 bits per heavy atom. The van der Waals surface area contributed by atoms with E-state index in [0.29, 0.717) is 0 Å². The molecular formula is C6H8O2S. The number of aryl methyl sites for hydroxylation is 1. The van der Waals surface area contributed by atoms with E-state index < -0.39 is 0 Å². The summed E-state index contributed by atoms with van der Waals surface area (Å²) in [5, 5.41) is 11.1. The molecule has 3 heteroatoms. The van der Waals surface area contributed by atoms with Gasteiger partial charge >= 0.3 is 0 Å². The lowest BCUT2D eigenvalue weighted by atomic mass is 10.4. The maximum absolute atomic E-state index is 8.36. The van der Waals surface area contributed by atoms with E-state index in [1.54, 1.807) is 11.3 Å². The molecule has 0 aliphatic rings. The molecular weight excluding hydrogens is 136 g/mol. The summed E-state index contributed by atoms with van der Waals surface area (Å²) < 4.78 is 0. The molecule has 2 nitrogen and oxygen atoms in total. The first-order valence-corrected chi connectivity index (χ1v) is 3.32. The highest BCUT2D eigenvalue weighted by atomic mass is 32.1. The summed E-state index contributed by atoms with van der Waals surface area (Å²) in [7, 11) is 0. The molecule has 1 heterocycles. The first kappa shape index (κ1) is 8.17. The molecule has 0 aliphatic heterocycles. The summed E-state index contributed by atoms with van der Waals surface area (Å²) >= 11 is 1.74. The van der Waals surface area contributed by atoms with Crippen molar-refractivity contribution in [2.24, 2.45) is 0 Å². The molecule has 0 fully saturated rings. The lowest BCUT2D eigenvalue weighted by molar-refractivity contribution is -0.122. The second-order valence-electron chi connectivity index (χ2n) is 1.41. The molecule has 1 aromatic heterocycles. The van der Waals surface area contributed by atoms with E-state index in [1.165, 1.54) is 5.56 Å². The number of thiophene rings is 1. The highest BCUT2D eigenvalue weighted by molar-refractivity contribution is 7.07. The molecule has 0 spiro atoms. The Bertz CT molecular complexity index is 146. The van der Waals surface area contributed by atoms with Crippen LogP contribution in [0.5, 0.6) is 0 Å². The zero-order valence-electron chi connectivity index (χ0n) is 5.07. The van der Waals surface area contributed by atoms with Crippen molar-refractivity contribution < 1.29 is 9.90 Å². The van der Waals surface area contributed by atoms with Crippen molar-refractivity contribution in [2.75, 3.05) is 0 Å². The van der Waals surface area contributed by atoms with Gasteiger partial charge in [-0.3, -0.25) is 4.79 Å².